The summed E-state index contributed by atoms with van der Waals surface area (Å²) in [4.78, 5) is 0. The summed E-state index contributed by atoms with van der Waals surface area (Å²) in [6, 6.07) is 6.47. The molecular weight excluding hydrogens is 386 g/mol. The van der Waals surface area contributed by atoms with Gasteiger partial charge >= 0.3 is 0 Å². The van der Waals surface area contributed by atoms with Crippen molar-refractivity contribution in [3.63, 3.8) is 0 Å². The molecule has 3 N–H and O–H groups in total. The first-order chi connectivity index (χ1) is 10.3. The number of hydrogen-bond donors (Lipinski definition) is 3. The summed E-state index contributed by atoms with van der Waals surface area (Å²) in [5.74, 6) is -0.128. The van der Waals surface area contributed by atoms with Gasteiger partial charge in [-0.05, 0) is 49.0 Å². The highest BCUT2D eigenvalue weighted by molar-refractivity contribution is 7.80. The van der Waals surface area contributed by atoms with Crippen LogP contribution in [0.2, 0.25) is 20.1 Å². The van der Waals surface area contributed by atoms with E-state index in [9.17, 15) is 5.11 Å². The van der Waals surface area contributed by atoms with Crippen molar-refractivity contribution in [1.29, 1.82) is 0 Å². The van der Waals surface area contributed by atoms with Crippen molar-refractivity contribution in [2.24, 2.45) is 0 Å². The van der Waals surface area contributed by atoms with E-state index >= 15 is 0 Å². The lowest BCUT2D eigenvalue weighted by Gasteiger charge is -2.14. The molecule has 0 atom stereocenters. The van der Waals surface area contributed by atoms with Crippen LogP contribution in [0.15, 0.2) is 24.3 Å². The summed E-state index contributed by atoms with van der Waals surface area (Å²) in [7, 11) is 0. The number of benzene rings is 2. The molecule has 3 nitrogen and oxygen atoms in total. The number of rotatable bonds is 2. The quantitative estimate of drug-likeness (QED) is 0.423. The van der Waals surface area contributed by atoms with E-state index in [1.54, 1.807) is 25.1 Å². The van der Waals surface area contributed by atoms with Gasteiger partial charge in [0, 0.05) is 20.8 Å². The molecule has 0 aliphatic heterocycles. The minimum atomic E-state index is -0.128. The Morgan fingerprint density at radius 2 is 1.59 bits per heavy atom. The number of aromatic hydroxyl groups is 1. The van der Waals surface area contributed by atoms with Crippen molar-refractivity contribution in [2.75, 3.05) is 10.6 Å². The van der Waals surface area contributed by atoms with Crippen LogP contribution in [0.1, 0.15) is 5.56 Å². The Labute approximate surface area is 153 Å². The van der Waals surface area contributed by atoms with Crippen LogP contribution in [-0.2, 0) is 0 Å². The monoisotopic (exact) mass is 394 g/mol. The van der Waals surface area contributed by atoms with Gasteiger partial charge in [0.25, 0.3) is 0 Å². The summed E-state index contributed by atoms with van der Waals surface area (Å²) < 4.78 is 0. The average molecular weight is 396 g/mol. The third-order valence-corrected chi connectivity index (χ3v) is 4.29. The number of anilines is 2. The van der Waals surface area contributed by atoms with Crippen molar-refractivity contribution < 1.29 is 5.11 Å². The van der Waals surface area contributed by atoms with Crippen LogP contribution in [0.5, 0.6) is 5.75 Å². The molecule has 2 aromatic rings. The van der Waals surface area contributed by atoms with Crippen LogP contribution in [-0.4, -0.2) is 10.2 Å². The van der Waals surface area contributed by atoms with Gasteiger partial charge in [-0.1, -0.05) is 46.4 Å². The zero-order valence-corrected chi connectivity index (χ0v) is 15.0. The van der Waals surface area contributed by atoms with Crippen LogP contribution in [0.4, 0.5) is 11.4 Å². The highest BCUT2D eigenvalue weighted by Gasteiger charge is 2.13. The SMILES string of the molecule is Cc1c(Cl)cc(NC(=S)Nc2cc(Cl)cc(Cl)c2)c(O)c1Cl. The third-order valence-electron chi connectivity index (χ3n) is 2.79. The molecule has 0 unspecified atom stereocenters. The molecule has 0 amide bonds. The topological polar surface area (TPSA) is 44.3 Å². The second-order valence-electron chi connectivity index (χ2n) is 4.43. The predicted octanol–water partition coefficient (Wildman–Crippen LogP) is 6.12. The number of thiocarbonyl (C=S) groups is 1. The van der Waals surface area contributed by atoms with Gasteiger partial charge in [-0.3, -0.25) is 0 Å². The molecule has 0 radical (unpaired) electrons. The molecule has 2 rings (SSSR count). The smallest absolute Gasteiger partial charge is 0.175 e. The van der Waals surface area contributed by atoms with E-state index in [2.05, 4.69) is 10.6 Å². The maximum absolute atomic E-state index is 10.0. The normalized spacial score (nSPS) is 10.4. The van der Waals surface area contributed by atoms with E-state index < -0.39 is 0 Å². The molecule has 2 aromatic carbocycles. The Balaban J connectivity index is 2.19. The number of phenolic OH excluding ortho intramolecular Hbond substituents is 1. The van der Waals surface area contributed by atoms with Crippen LogP contribution in [0.3, 0.4) is 0 Å². The Kier molecular flexibility index (Phi) is 5.64. The molecular formula is C14H10Cl4N2OS. The fourth-order valence-electron chi connectivity index (χ4n) is 1.71. The van der Waals surface area contributed by atoms with Crippen molar-refractivity contribution >= 4 is 75.1 Å². The number of halogens is 4. The van der Waals surface area contributed by atoms with Gasteiger partial charge in [0.2, 0.25) is 0 Å². The molecule has 0 fully saturated rings. The van der Waals surface area contributed by atoms with Crippen LogP contribution >= 0.6 is 58.6 Å². The van der Waals surface area contributed by atoms with Crippen LogP contribution in [0, 0.1) is 6.92 Å². The molecule has 22 heavy (non-hydrogen) atoms. The Morgan fingerprint density at radius 1 is 1.00 bits per heavy atom. The van der Waals surface area contributed by atoms with Gasteiger partial charge in [0.15, 0.2) is 10.9 Å². The zero-order valence-electron chi connectivity index (χ0n) is 11.2. The largest absolute Gasteiger partial charge is 0.504 e. The maximum atomic E-state index is 10.0. The van der Waals surface area contributed by atoms with Gasteiger partial charge in [0.05, 0.1) is 10.7 Å². The van der Waals surface area contributed by atoms with E-state index in [1.807, 2.05) is 0 Å². The Bertz CT molecular complexity index is 732. The minimum absolute atomic E-state index is 0.128. The number of hydrogen-bond acceptors (Lipinski definition) is 2. The van der Waals surface area contributed by atoms with Crippen LogP contribution in [0.25, 0.3) is 0 Å². The minimum Gasteiger partial charge on any atom is -0.504 e. The molecule has 0 spiro atoms. The van der Waals surface area contributed by atoms with E-state index in [0.29, 0.717) is 32.0 Å². The van der Waals surface area contributed by atoms with Gasteiger partial charge in [-0.25, -0.2) is 0 Å². The maximum Gasteiger partial charge on any atom is 0.175 e. The molecule has 0 aliphatic carbocycles. The van der Waals surface area contributed by atoms with E-state index in [4.69, 9.17) is 58.6 Å². The summed E-state index contributed by atoms with van der Waals surface area (Å²) in [6.07, 6.45) is 0. The van der Waals surface area contributed by atoms with Gasteiger partial charge in [-0.15, -0.1) is 0 Å². The number of phenols is 1. The summed E-state index contributed by atoms with van der Waals surface area (Å²) in [6.45, 7) is 1.71. The van der Waals surface area contributed by atoms with Crippen molar-refractivity contribution in [3.8, 4) is 5.75 Å². The second kappa shape index (κ2) is 7.11. The molecule has 0 saturated heterocycles. The zero-order chi connectivity index (χ0) is 16.4. The predicted molar refractivity (Wildman–Crippen MR) is 99.2 cm³/mol. The fourth-order valence-corrected chi connectivity index (χ4v) is 2.92. The lowest BCUT2D eigenvalue weighted by molar-refractivity contribution is 0.477. The molecule has 0 saturated carbocycles. The Hall–Kier alpha value is -0.910. The van der Waals surface area contributed by atoms with Crippen LogP contribution < -0.4 is 10.6 Å². The van der Waals surface area contributed by atoms with Crippen molar-refractivity contribution in [2.45, 2.75) is 6.92 Å². The van der Waals surface area contributed by atoms with Crippen molar-refractivity contribution in [1.82, 2.24) is 0 Å². The lowest BCUT2D eigenvalue weighted by Crippen LogP contribution is -2.19. The first-order valence-corrected chi connectivity index (χ1v) is 7.91. The third kappa shape index (κ3) is 4.09. The van der Waals surface area contributed by atoms with E-state index in [-0.39, 0.29) is 15.9 Å². The van der Waals surface area contributed by atoms with E-state index in [1.165, 1.54) is 6.07 Å². The van der Waals surface area contributed by atoms with E-state index in [0.717, 1.165) is 0 Å². The molecule has 116 valence electrons. The summed E-state index contributed by atoms with van der Waals surface area (Å²) in [5.41, 5.74) is 1.50. The highest BCUT2D eigenvalue weighted by atomic mass is 35.5. The first-order valence-electron chi connectivity index (χ1n) is 5.99. The fraction of sp³-hybridized carbons (Fsp3) is 0.0714. The molecule has 0 aliphatic rings. The first kappa shape index (κ1) is 17.4. The molecule has 0 heterocycles. The summed E-state index contributed by atoms with van der Waals surface area (Å²) in [5, 5.41) is 17.5. The standard InChI is InChI=1S/C14H10Cl4N2OS/c1-6-10(17)5-11(13(21)12(6)18)20-14(22)19-9-3-7(15)2-8(16)4-9/h2-5,21H,1H3,(H2,19,20,22). The van der Waals surface area contributed by atoms with Gasteiger partial charge < -0.3 is 15.7 Å². The highest BCUT2D eigenvalue weighted by Crippen LogP contribution is 2.38. The molecule has 0 aromatic heterocycles. The average Bonchev–Trinajstić information content (AvgIpc) is 2.41. The van der Waals surface area contributed by atoms with Gasteiger partial charge in [0.1, 0.15) is 0 Å². The Morgan fingerprint density at radius 3 is 2.18 bits per heavy atom. The summed E-state index contributed by atoms with van der Waals surface area (Å²) >= 11 is 29.1. The molecule has 8 heteroatoms. The number of nitrogens with one attached hydrogen (secondary N) is 2. The van der Waals surface area contributed by atoms with Gasteiger partial charge in [-0.2, -0.15) is 0 Å². The second-order valence-corrected chi connectivity index (χ2v) is 6.50. The molecule has 0 bridgehead atoms. The lowest BCUT2D eigenvalue weighted by atomic mass is 10.2. The van der Waals surface area contributed by atoms with Crippen molar-refractivity contribution in [3.05, 3.63) is 49.9 Å².